The molecule has 0 aromatic heterocycles. The Kier molecular flexibility index (Phi) is 15.5. The van der Waals surface area contributed by atoms with Crippen LogP contribution in [-0.2, 0) is 23.7 Å². The predicted octanol–water partition coefficient (Wildman–Crippen LogP) is 4.31. The first kappa shape index (κ1) is 35.8. The number of aliphatic hydroxyl groups is 2. The number of hydrogen-bond donors (Lipinski definition) is 2. The summed E-state index contributed by atoms with van der Waals surface area (Å²) < 4.78 is 24.2. The summed E-state index contributed by atoms with van der Waals surface area (Å²) in [5.74, 6) is -0.354. The summed E-state index contributed by atoms with van der Waals surface area (Å²) >= 11 is 0. The van der Waals surface area contributed by atoms with Crippen molar-refractivity contribution in [2.45, 2.75) is 117 Å². The van der Waals surface area contributed by atoms with Crippen molar-refractivity contribution in [2.75, 3.05) is 53.2 Å². The number of rotatable bonds is 19. The van der Waals surface area contributed by atoms with Gasteiger partial charge in [0.1, 0.15) is 6.23 Å². The van der Waals surface area contributed by atoms with Crippen LogP contribution in [0.5, 0.6) is 0 Å². The van der Waals surface area contributed by atoms with Crippen LogP contribution in [0.4, 0.5) is 0 Å². The molecule has 1 aliphatic heterocycles. The van der Waals surface area contributed by atoms with Gasteiger partial charge in [0.15, 0.2) is 6.23 Å². The number of likely N-dealkylation sites (tertiary alicyclic amines) is 1. The van der Waals surface area contributed by atoms with Gasteiger partial charge in [-0.1, -0.05) is 26.8 Å². The minimum Gasteiger partial charge on any atom is -0.446 e. The highest BCUT2D eigenvalue weighted by Crippen LogP contribution is 2.34. The van der Waals surface area contributed by atoms with Gasteiger partial charge in [-0.2, -0.15) is 0 Å². The number of aliphatic hydroxyl groups excluding tert-OH is 2. The van der Waals surface area contributed by atoms with Crippen LogP contribution in [0.15, 0.2) is 12.3 Å². The van der Waals surface area contributed by atoms with Crippen LogP contribution in [0.3, 0.4) is 0 Å². The van der Waals surface area contributed by atoms with Crippen LogP contribution in [0.1, 0.15) is 93.4 Å². The normalized spacial score (nSPS) is 17.3. The van der Waals surface area contributed by atoms with E-state index < -0.39 is 29.1 Å². The molecule has 0 radical (unpaired) electrons. The Morgan fingerprint density at radius 1 is 1.00 bits per heavy atom. The molecule has 2 N–H and O–H groups in total. The summed E-state index contributed by atoms with van der Waals surface area (Å²) in [5, 5.41) is 18.6. The first-order chi connectivity index (χ1) is 18.1. The lowest BCUT2D eigenvalue weighted by atomic mass is 9.85. The average Bonchev–Trinajstić information content (AvgIpc) is 3.03. The fourth-order valence-corrected chi connectivity index (χ4v) is 4.87. The number of ether oxygens (including phenoxy) is 4. The van der Waals surface area contributed by atoms with E-state index in [9.17, 15) is 15.0 Å². The second kappa shape index (κ2) is 16.9. The van der Waals surface area contributed by atoms with E-state index in [0.29, 0.717) is 19.4 Å². The fourth-order valence-electron chi connectivity index (χ4n) is 4.87. The first-order valence-corrected chi connectivity index (χ1v) is 14.6. The maximum atomic E-state index is 12.3. The minimum atomic E-state index is -0.578. The quantitative estimate of drug-likeness (QED) is 0.136. The molecule has 39 heavy (non-hydrogen) atoms. The van der Waals surface area contributed by atoms with Crippen molar-refractivity contribution in [3.63, 3.8) is 0 Å². The Balaban J connectivity index is 3.03. The molecule has 0 aliphatic carbocycles. The fraction of sp³-hybridized carbons (Fsp3) is 0.900. The maximum absolute atomic E-state index is 12.3. The standard InChI is InChI=1S/C30H58N2O7/c1-24-13-11-10-12-17-32(24)18-14-28(3,4)27(38-25(2)35)31(9)26(23-36-22-20-34)39-30(7,8)16-21-37-29(5,6)15-19-33/h26-27,33-34H,1,10-23H2,2-9H3. The zero-order valence-electron chi connectivity index (χ0n) is 26.1. The number of likely N-dealkylation sites (N-methyl/N-ethyl adjacent to an activating group) is 1. The summed E-state index contributed by atoms with van der Waals surface area (Å²) in [6, 6.07) is 0. The molecule has 1 aliphatic rings. The van der Waals surface area contributed by atoms with Gasteiger partial charge in [0.05, 0.1) is 37.6 Å². The van der Waals surface area contributed by atoms with Crippen LogP contribution in [0.2, 0.25) is 0 Å². The van der Waals surface area contributed by atoms with Gasteiger partial charge in [0, 0.05) is 37.7 Å². The molecule has 1 fully saturated rings. The van der Waals surface area contributed by atoms with Crippen molar-refractivity contribution < 1.29 is 34.0 Å². The van der Waals surface area contributed by atoms with Gasteiger partial charge >= 0.3 is 5.97 Å². The minimum absolute atomic E-state index is 0.0706. The van der Waals surface area contributed by atoms with E-state index in [1.54, 1.807) is 0 Å². The lowest BCUT2D eigenvalue weighted by molar-refractivity contribution is -0.228. The van der Waals surface area contributed by atoms with E-state index in [1.807, 2.05) is 39.6 Å². The molecule has 0 saturated carbocycles. The molecule has 1 saturated heterocycles. The van der Waals surface area contributed by atoms with E-state index in [0.717, 1.165) is 25.9 Å². The van der Waals surface area contributed by atoms with Crippen molar-refractivity contribution in [1.82, 2.24) is 9.80 Å². The number of nitrogens with zero attached hydrogens (tertiary/aromatic N) is 2. The highest BCUT2D eigenvalue weighted by molar-refractivity contribution is 5.66. The monoisotopic (exact) mass is 558 g/mol. The Bertz CT molecular complexity index is 726. The molecule has 0 amide bonds. The summed E-state index contributed by atoms with van der Waals surface area (Å²) in [7, 11) is 1.89. The van der Waals surface area contributed by atoms with Crippen molar-refractivity contribution in [1.29, 1.82) is 0 Å². The number of carbonyl (C=O) groups is 1. The highest BCUT2D eigenvalue weighted by Gasteiger charge is 2.40. The molecule has 1 rings (SSSR count). The van der Waals surface area contributed by atoms with Gasteiger partial charge in [-0.05, 0) is 73.3 Å². The second-order valence-electron chi connectivity index (χ2n) is 12.7. The summed E-state index contributed by atoms with van der Waals surface area (Å²) in [6.45, 7) is 20.6. The summed E-state index contributed by atoms with van der Waals surface area (Å²) in [4.78, 5) is 16.6. The molecule has 2 atom stereocenters. The molecule has 9 heteroatoms. The Hall–Kier alpha value is -1.23. The average molecular weight is 559 g/mol. The van der Waals surface area contributed by atoms with Crippen molar-refractivity contribution >= 4 is 5.97 Å². The molecular weight excluding hydrogens is 500 g/mol. The Labute approximate surface area is 237 Å². The molecule has 1 heterocycles. The third-order valence-corrected chi connectivity index (χ3v) is 7.50. The molecule has 0 spiro atoms. The van der Waals surface area contributed by atoms with Crippen LogP contribution >= 0.6 is 0 Å². The largest absolute Gasteiger partial charge is 0.446 e. The van der Waals surface area contributed by atoms with Gasteiger partial charge in [-0.25, -0.2) is 4.90 Å². The third kappa shape index (κ3) is 13.8. The number of hydrogen-bond acceptors (Lipinski definition) is 9. The van der Waals surface area contributed by atoms with Gasteiger partial charge in [0.25, 0.3) is 0 Å². The van der Waals surface area contributed by atoms with E-state index in [-0.39, 0.29) is 32.4 Å². The zero-order chi connectivity index (χ0) is 29.7. The molecular formula is C30H58N2O7. The van der Waals surface area contributed by atoms with Crippen molar-refractivity contribution in [3.8, 4) is 0 Å². The number of allylic oxidation sites excluding steroid dienone is 1. The molecule has 0 aromatic carbocycles. The Morgan fingerprint density at radius 3 is 2.31 bits per heavy atom. The second-order valence-corrected chi connectivity index (χ2v) is 12.7. The topological polar surface area (TPSA) is 101 Å². The molecule has 0 aromatic rings. The highest BCUT2D eigenvalue weighted by atomic mass is 16.6. The van der Waals surface area contributed by atoms with Gasteiger partial charge in [-0.15, -0.1) is 0 Å². The maximum Gasteiger partial charge on any atom is 0.304 e. The van der Waals surface area contributed by atoms with E-state index >= 15 is 0 Å². The van der Waals surface area contributed by atoms with E-state index in [4.69, 9.17) is 18.9 Å². The number of carbonyl (C=O) groups excluding carboxylic acids is 1. The van der Waals surface area contributed by atoms with Crippen molar-refractivity contribution in [2.24, 2.45) is 5.41 Å². The van der Waals surface area contributed by atoms with Crippen molar-refractivity contribution in [3.05, 3.63) is 12.3 Å². The third-order valence-electron chi connectivity index (χ3n) is 7.50. The summed E-state index contributed by atoms with van der Waals surface area (Å²) in [5.41, 5.74) is -0.210. The molecule has 2 unspecified atom stereocenters. The molecule has 9 nitrogen and oxygen atoms in total. The van der Waals surface area contributed by atoms with Gasteiger partial charge < -0.3 is 34.1 Å². The van der Waals surface area contributed by atoms with E-state index in [2.05, 4.69) is 25.3 Å². The predicted molar refractivity (Wildman–Crippen MR) is 154 cm³/mol. The van der Waals surface area contributed by atoms with Crippen LogP contribution < -0.4 is 0 Å². The lowest BCUT2D eigenvalue weighted by Crippen LogP contribution is -2.55. The van der Waals surface area contributed by atoms with Crippen LogP contribution in [0.25, 0.3) is 0 Å². The summed E-state index contributed by atoms with van der Waals surface area (Å²) in [6.07, 6.45) is 5.48. The molecule has 230 valence electrons. The lowest BCUT2D eigenvalue weighted by Gasteiger charge is -2.45. The van der Waals surface area contributed by atoms with Crippen LogP contribution in [0, 0.1) is 5.41 Å². The zero-order valence-corrected chi connectivity index (χ0v) is 26.1. The Morgan fingerprint density at radius 2 is 1.69 bits per heavy atom. The smallest absolute Gasteiger partial charge is 0.304 e. The molecule has 0 bridgehead atoms. The number of esters is 1. The van der Waals surface area contributed by atoms with Gasteiger partial charge in [-0.3, -0.25) is 4.79 Å². The SMILES string of the molecule is C=C1CCCCCN1CCC(C)(C)C(OC(C)=O)N(C)C(COCCO)OC(C)(C)CCOC(C)(C)CCO. The van der Waals surface area contributed by atoms with Crippen LogP contribution in [-0.4, -0.2) is 103 Å². The van der Waals surface area contributed by atoms with E-state index in [1.165, 1.54) is 31.9 Å². The van der Waals surface area contributed by atoms with Gasteiger partial charge in [0.2, 0.25) is 0 Å². The first-order valence-electron chi connectivity index (χ1n) is 14.6.